The molecule has 2 amide bonds. The summed E-state index contributed by atoms with van der Waals surface area (Å²) in [6.45, 7) is 5.24. The molecule has 2 aromatic rings. The van der Waals surface area contributed by atoms with Crippen LogP contribution >= 0.6 is 27.5 Å². The van der Waals surface area contributed by atoms with Gasteiger partial charge in [0.25, 0.3) is 5.91 Å². The van der Waals surface area contributed by atoms with Crippen molar-refractivity contribution in [2.24, 2.45) is 7.05 Å². The number of benzene rings is 1. The molecule has 1 aromatic heterocycles. The monoisotopic (exact) mass is 504 g/mol. The van der Waals surface area contributed by atoms with Crippen LogP contribution in [-0.4, -0.2) is 74.6 Å². The van der Waals surface area contributed by atoms with Crippen molar-refractivity contribution in [3.05, 3.63) is 27.1 Å². The summed E-state index contributed by atoms with van der Waals surface area (Å²) in [5.41, 5.74) is -0.594. The molecule has 0 spiro atoms. The first-order valence-corrected chi connectivity index (χ1v) is 10.5. The highest BCUT2D eigenvalue weighted by Crippen LogP contribution is 2.37. The zero-order chi connectivity index (χ0) is 22.4. The lowest BCUT2D eigenvalue weighted by Crippen LogP contribution is -2.58. The smallest absolute Gasteiger partial charge is 0.410 e. The number of fused-ring (bicyclic) bond motifs is 1. The summed E-state index contributed by atoms with van der Waals surface area (Å²) >= 11 is 9.35. The summed E-state index contributed by atoms with van der Waals surface area (Å²) < 4.78 is 22.2. The van der Waals surface area contributed by atoms with Gasteiger partial charge in [-0.1, -0.05) is 11.6 Å². The summed E-state index contributed by atoms with van der Waals surface area (Å²) in [7, 11) is 1.60. The van der Waals surface area contributed by atoms with Crippen LogP contribution in [0.4, 0.5) is 9.18 Å². The second kappa shape index (κ2) is 8.32. The normalized spacial score (nSPS) is 17.5. The standard InChI is InChI=1S/C19H23BrClFN4O4/c1-19(2,3)30-18(29)25-5-6-26(10(8-25)9-27)17(28)12-15(22)14(21)13(20)11-7-23-24(4)16(11)12/h7,10,27H,5-6,8-9H2,1-4H3. The highest BCUT2D eigenvalue weighted by atomic mass is 79.9. The fourth-order valence-electron chi connectivity index (χ4n) is 3.43. The minimum absolute atomic E-state index is 0.0670. The van der Waals surface area contributed by atoms with E-state index in [1.165, 1.54) is 20.7 Å². The number of carbonyl (C=O) groups excluding carboxylic acids is 2. The Balaban J connectivity index is 1.93. The molecule has 11 heteroatoms. The van der Waals surface area contributed by atoms with E-state index in [2.05, 4.69) is 21.0 Å². The third-order valence-corrected chi connectivity index (χ3v) is 6.24. The first kappa shape index (κ1) is 22.8. The largest absolute Gasteiger partial charge is 0.444 e. The molecular weight excluding hydrogens is 483 g/mol. The lowest BCUT2D eigenvalue weighted by atomic mass is 10.1. The number of aryl methyl sites for hydroxylation is 1. The maximum atomic E-state index is 15.1. The van der Waals surface area contributed by atoms with Gasteiger partial charge < -0.3 is 19.6 Å². The maximum absolute atomic E-state index is 15.1. The van der Waals surface area contributed by atoms with E-state index in [4.69, 9.17) is 16.3 Å². The van der Waals surface area contributed by atoms with Crippen molar-refractivity contribution in [2.45, 2.75) is 32.4 Å². The molecule has 0 radical (unpaired) electrons. The summed E-state index contributed by atoms with van der Waals surface area (Å²) in [4.78, 5) is 28.5. The molecule has 1 fully saturated rings. The number of aromatic nitrogens is 2. The quantitative estimate of drug-likeness (QED) is 0.634. The van der Waals surface area contributed by atoms with Crippen molar-refractivity contribution >= 4 is 50.4 Å². The molecule has 8 nitrogen and oxygen atoms in total. The molecule has 30 heavy (non-hydrogen) atoms. The highest BCUT2D eigenvalue weighted by molar-refractivity contribution is 9.10. The van der Waals surface area contributed by atoms with Gasteiger partial charge >= 0.3 is 6.09 Å². The fraction of sp³-hybridized carbons (Fsp3) is 0.526. The van der Waals surface area contributed by atoms with Gasteiger partial charge in [-0.05, 0) is 36.7 Å². The van der Waals surface area contributed by atoms with Gasteiger partial charge in [0.05, 0.1) is 33.9 Å². The maximum Gasteiger partial charge on any atom is 0.410 e. The van der Waals surface area contributed by atoms with Crippen LogP contribution in [0.15, 0.2) is 10.7 Å². The first-order chi connectivity index (χ1) is 14.0. The van der Waals surface area contributed by atoms with Crippen molar-refractivity contribution < 1.29 is 23.8 Å². The van der Waals surface area contributed by atoms with Gasteiger partial charge in [-0.25, -0.2) is 9.18 Å². The van der Waals surface area contributed by atoms with E-state index >= 15 is 4.39 Å². The third-order valence-electron chi connectivity index (χ3n) is 4.84. The van der Waals surface area contributed by atoms with Gasteiger partial charge in [0, 0.05) is 32.1 Å². The van der Waals surface area contributed by atoms with Crippen molar-refractivity contribution in [3.63, 3.8) is 0 Å². The van der Waals surface area contributed by atoms with Crippen LogP contribution in [0.1, 0.15) is 31.1 Å². The van der Waals surface area contributed by atoms with Crippen LogP contribution < -0.4 is 0 Å². The number of nitrogens with zero attached hydrogens (tertiary/aromatic N) is 4. The lowest BCUT2D eigenvalue weighted by Gasteiger charge is -2.41. The molecule has 1 N–H and O–H groups in total. The van der Waals surface area contributed by atoms with Gasteiger partial charge in [-0.2, -0.15) is 5.10 Å². The molecule has 1 saturated heterocycles. The van der Waals surface area contributed by atoms with E-state index < -0.39 is 36.1 Å². The molecule has 2 heterocycles. The number of amides is 2. The highest BCUT2D eigenvalue weighted by Gasteiger charge is 2.37. The predicted molar refractivity (Wildman–Crippen MR) is 113 cm³/mol. The fourth-order valence-corrected chi connectivity index (χ4v) is 4.09. The van der Waals surface area contributed by atoms with Gasteiger partial charge in [0.2, 0.25) is 0 Å². The Morgan fingerprint density at radius 2 is 2.07 bits per heavy atom. The molecule has 164 valence electrons. The van der Waals surface area contributed by atoms with Gasteiger partial charge in [-0.3, -0.25) is 9.48 Å². The molecule has 1 unspecified atom stereocenters. The number of rotatable bonds is 2. The molecule has 1 aliphatic rings. The molecule has 0 aliphatic carbocycles. The van der Waals surface area contributed by atoms with Crippen molar-refractivity contribution in [1.82, 2.24) is 19.6 Å². The number of ether oxygens (including phenoxy) is 1. The summed E-state index contributed by atoms with van der Waals surface area (Å²) in [5.74, 6) is -1.49. The first-order valence-electron chi connectivity index (χ1n) is 9.34. The number of halogens is 3. The van der Waals surface area contributed by atoms with E-state index in [1.54, 1.807) is 27.8 Å². The number of piperazine rings is 1. The number of carbonyl (C=O) groups is 2. The number of aliphatic hydroxyl groups is 1. The Kier molecular flexibility index (Phi) is 6.31. The second-order valence-corrected chi connectivity index (χ2v) is 9.28. The zero-order valence-electron chi connectivity index (χ0n) is 17.1. The van der Waals surface area contributed by atoms with E-state index in [1.807, 2.05) is 0 Å². The van der Waals surface area contributed by atoms with Crippen LogP contribution in [-0.2, 0) is 11.8 Å². The average Bonchev–Trinajstić information content (AvgIpc) is 3.05. The van der Waals surface area contributed by atoms with Crippen LogP contribution in [0, 0.1) is 5.82 Å². The Bertz CT molecular complexity index is 1010. The van der Waals surface area contributed by atoms with Gasteiger partial charge in [-0.15, -0.1) is 0 Å². The topological polar surface area (TPSA) is 87.9 Å². The predicted octanol–water partition coefficient (Wildman–Crippen LogP) is 3.18. The van der Waals surface area contributed by atoms with Gasteiger partial charge in [0.1, 0.15) is 11.2 Å². The van der Waals surface area contributed by atoms with Crippen molar-refractivity contribution in [2.75, 3.05) is 26.2 Å². The van der Waals surface area contributed by atoms with E-state index in [0.29, 0.717) is 15.4 Å². The molecular formula is C19H23BrClFN4O4. The Morgan fingerprint density at radius 3 is 2.67 bits per heavy atom. The Hall–Kier alpha value is -1.91. The van der Waals surface area contributed by atoms with Crippen molar-refractivity contribution in [1.29, 1.82) is 0 Å². The summed E-state index contributed by atoms with van der Waals surface area (Å²) in [6.07, 6.45) is 0.964. The molecule has 1 atom stereocenters. The van der Waals surface area contributed by atoms with Crippen LogP contribution in [0.2, 0.25) is 5.02 Å². The average molecular weight is 506 g/mol. The molecule has 0 saturated carbocycles. The Morgan fingerprint density at radius 1 is 1.40 bits per heavy atom. The number of hydrogen-bond donors (Lipinski definition) is 1. The van der Waals surface area contributed by atoms with E-state index in [0.717, 1.165) is 0 Å². The minimum Gasteiger partial charge on any atom is -0.444 e. The summed E-state index contributed by atoms with van der Waals surface area (Å²) in [5, 5.41) is 14.3. The summed E-state index contributed by atoms with van der Waals surface area (Å²) in [6, 6.07) is -0.719. The van der Waals surface area contributed by atoms with E-state index in [9.17, 15) is 14.7 Å². The SMILES string of the molecule is Cn1ncc2c(Br)c(Cl)c(F)c(C(=O)N3CCN(C(=O)OC(C)(C)C)CC3CO)c21. The third kappa shape index (κ3) is 4.13. The van der Waals surface area contributed by atoms with Crippen LogP contribution in [0.25, 0.3) is 10.9 Å². The molecule has 1 aliphatic heterocycles. The molecule has 0 bridgehead atoms. The minimum atomic E-state index is -0.865. The molecule has 1 aromatic carbocycles. The van der Waals surface area contributed by atoms with E-state index in [-0.39, 0.29) is 30.2 Å². The zero-order valence-corrected chi connectivity index (χ0v) is 19.4. The second-order valence-electron chi connectivity index (χ2n) is 8.11. The number of hydrogen-bond acceptors (Lipinski definition) is 5. The Labute approximate surface area is 186 Å². The van der Waals surface area contributed by atoms with Crippen molar-refractivity contribution in [3.8, 4) is 0 Å². The van der Waals surface area contributed by atoms with Gasteiger partial charge in [0.15, 0.2) is 5.82 Å². The number of aliphatic hydroxyl groups excluding tert-OH is 1. The molecule has 3 rings (SSSR count). The van der Waals surface area contributed by atoms with Crippen LogP contribution in [0.5, 0.6) is 0 Å². The lowest BCUT2D eigenvalue weighted by molar-refractivity contribution is -0.00251. The van der Waals surface area contributed by atoms with Crippen LogP contribution in [0.3, 0.4) is 0 Å².